The van der Waals surface area contributed by atoms with E-state index in [0.29, 0.717) is 44.1 Å². The van der Waals surface area contributed by atoms with Crippen molar-refractivity contribution in [3.63, 3.8) is 0 Å². The van der Waals surface area contributed by atoms with E-state index >= 15 is 0 Å². The molecular formula is C22H27F3N4O6S. The Morgan fingerprint density at radius 3 is 2.53 bits per heavy atom. The maximum atomic E-state index is 12.9. The van der Waals surface area contributed by atoms with Crippen LogP contribution in [0.1, 0.15) is 29.6 Å². The van der Waals surface area contributed by atoms with E-state index in [4.69, 9.17) is 20.4 Å². The van der Waals surface area contributed by atoms with Gasteiger partial charge in [0, 0.05) is 25.9 Å². The number of nitrogens with two attached hydrogens (primary N) is 1. The summed E-state index contributed by atoms with van der Waals surface area (Å²) in [5.41, 5.74) is 6.51. The highest BCUT2D eigenvalue weighted by Crippen LogP contribution is 2.25. The summed E-state index contributed by atoms with van der Waals surface area (Å²) in [5, 5.41) is 10.4. The lowest BCUT2D eigenvalue weighted by atomic mass is 9.96. The number of halogens is 3. The molecule has 0 aliphatic carbocycles. The van der Waals surface area contributed by atoms with E-state index in [2.05, 4.69) is 10.3 Å². The molecule has 2 atom stereocenters. The molecule has 1 fully saturated rings. The number of carboxylic acids is 1. The fourth-order valence-corrected chi connectivity index (χ4v) is 4.32. The van der Waals surface area contributed by atoms with Gasteiger partial charge in [-0.15, -0.1) is 11.3 Å². The number of fused-ring (bicyclic) bond motifs is 1. The van der Waals surface area contributed by atoms with Gasteiger partial charge in [-0.05, 0) is 31.5 Å². The van der Waals surface area contributed by atoms with Crippen LogP contribution in [0.25, 0.3) is 10.2 Å². The lowest BCUT2D eigenvalue weighted by molar-refractivity contribution is -0.192. The Morgan fingerprint density at radius 1 is 1.28 bits per heavy atom. The molecule has 14 heteroatoms. The summed E-state index contributed by atoms with van der Waals surface area (Å²) in [4.78, 5) is 51.7. The zero-order valence-electron chi connectivity index (χ0n) is 19.4. The van der Waals surface area contributed by atoms with Crippen LogP contribution in [0.5, 0.6) is 0 Å². The molecule has 4 N–H and O–H groups in total. The number of morpholine rings is 1. The number of amides is 2. The minimum Gasteiger partial charge on any atom is -0.475 e. The highest BCUT2D eigenvalue weighted by molar-refractivity contribution is 7.20. The van der Waals surface area contributed by atoms with Crippen LogP contribution in [-0.4, -0.2) is 83.6 Å². The number of hydrogen-bond donors (Lipinski definition) is 3. The molecule has 1 aliphatic rings. The summed E-state index contributed by atoms with van der Waals surface area (Å²) in [6, 6.07) is 7.64. The number of thiazole rings is 1. The number of carbonyl (C=O) groups is 4. The molecule has 0 bridgehead atoms. The van der Waals surface area contributed by atoms with Gasteiger partial charge >= 0.3 is 12.1 Å². The third kappa shape index (κ3) is 8.53. The average molecular weight is 533 g/mol. The molecule has 1 aromatic heterocycles. The smallest absolute Gasteiger partial charge is 0.475 e. The zero-order valence-corrected chi connectivity index (χ0v) is 20.2. The molecule has 198 valence electrons. The minimum atomic E-state index is -5.08. The number of carbonyl (C=O) groups excluding carboxylic acids is 3. The second-order valence-corrected chi connectivity index (χ2v) is 8.86. The molecule has 0 radical (unpaired) electrons. The van der Waals surface area contributed by atoms with Crippen molar-refractivity contribution in [2.24, 2.45) is 11.7 Å². The van der Waals surface area contributed by atoms with Gasteiger partial charge in [0.25, 0.3) is 5.91 Å². The van der Waals surface area contributed by atoms with Gasteiger partial charge in [0.2, 0.25) is 5.91 Å². The Hall–Kier alpha value is -3.10. The van der Waals surface area contributed by atoms with Crippen LogP contribution in [0.15, 0.2) is 24.3 Å². The molecule has 2 heterocycles. The van der Waals surface area contributed by atoms with Crippen molar-refractivity contribution in [1.29, 1.82) is 0 Å². The molecule has 2 amide bonds. The number of hydrogen-bond acceptors (Lipinski definition) is 8. The summed E-state index contributed by atoms with van der Waals surface area (Å²) >= 11 is 1.38. The van der Waals surface area contributed by atoms with Crippen LogP contribution < -0.4 is 11.1 Å². The number of carboxylic acid groups (broad SMARTS) is 1. The Morgan fingerprint density at radius 2 is 1.94 bits per heavy atom. The van der Waals surface area contributed by atoms with Gasteiger partial charge in [0.1, 0.15) is 0 Å². The number of para-hydroxylation sites is 1. The number of nitrogens with zero attached hydrogens (tertiary/aromatic N) is 2. The van der Waals surface area contributed by atoms with Crippen molar-refractivity contribution < 1.29 is 42.2 Å². The van der Waals surface area contributed by atoms with Crippen LogP contribution >= 0.6 is 11.3 Å². The first-order valence-corrected chi connectivity index (χ1v) is 11.8. The molecule has 36 heavy (non-hydrogen) atoms. The van der Waals surface area contributed by atoms with Crippen molar-refractivity contribution in [3.8, 4) is 0 Å². The summed E-state index contributed by atoms with van der Waals surface area (Å²) in [6.07, 6.45) is -4.76. The van der Waals surface area contributed by atoms with Crippen molar-refractivity contribution in [3.05, 3.63) is 29.3 Å². The molecule has 0 spiro atoms. The minimum absolute atomic E-state index is 0.0393. The Labute approximate surface area is 208 Å². The van der Waals surface area contributed by atoms with E-state index < -0.39 is 18.2 Å². The quantitative estimate of drug-likeness (QED) is 0.436. The van der Waals surface area contributed by atoms with Crippen molar-refractivity contribution in [2.45, 2.75) is 32.0 Å². The molecule has 1 aromatic carbocycles. The number of ketones is 1. The van der Waals surface area contributed by atoms with Gasteiger partial charge in [-0.3, -0.25) is 14.4 Å². The van der Waals surface area contributed by atoms with Gasteiger partial charge in [-0.1, -0.05) is 12.1 Å². The largest absolute Gasteiger partial charge is 0.490 e. The fraction of sp³-hybridized carbons (Fsp3) is 0.500. The lowest BCUT2D eigenvalue weighted by Crippen LogP contribution is -2.51. The first-order valence-electron chi connectivity index (χ1n) is 11.0. The number of aromatic nitrogens is 1. The van der Waals surface area contributed by atoms with E-state index in [1.54, 1.807) is 4.90 Å². The first-order chi connectivity index (χ1) is 16.9. The number of benzene rings is 1. The normalized spacial score (nSPS) is 16.6. The van der Waals surface area contributed by atoms with Crippen LogP contribution in [0.4, 0.5) is 13.2 Å². The van der Waals surface area contributed by atoms with Crippen LogP contribution in [0.3, 0.4) is 0 Å². The highest BCUT2D eigenvalue weighted by atomic mass is 32.1. The number of aliphatic carboxylic acids is 1. The van der Waals surface area contributed by atoms with Crippen molar-refractivity contribution in [1.82, 2.24) is 15.2 Å². The number of nitrogens with one attached hydrogen (secondary N) is 1. The molecule has 1 saturated heterocycles. The van der Waals surface area contributed by atoms with E-state index in [1.807, 2.05) is 24.3 Å². The van der Waals surface area contributed by atoms with Crippen molar-refractivity contribution in [2.75, 3.05) is 32.8 Å². The van der Waals surface area contributed by atoms with Gasteiger partial charge < -0.3 is 25.8 Å². The van der Waals surface area contributed by atoms with Crippen LogP contribution in [-0.2, 0) is 19.1 Å². The van der Waals surface area contributed by atoms with E-state index in [-0.39, 0.29) is 30.1 Å². The Balaban J connectivity index is 0.000000572. The Kier molecular flexibility index (Phi) is 10.7. The number of ether oxygens (including phenoxy) is 1. The number of Topliss-reactive ketones (excluding diaryl/α,β-unsaturated/α-hetero) is 1. The van der Waals surface area contributed by atoms with E-state index in [0.717, 1.165) is 10.2 Å². The van der Waals surface area contributed by atoms with Crippen LogP contribution in [0, 0.1) is 5.92 Å². The maximum absolute atomic E-state index is 12.9. The molecule has 10 nitrogen and oxygen atoms in total. The Bertz CT molecular complexity index is 1040. The summed E-state index contributed by atoms with van der Waals surface area (Å²) < 4.78 is 38.2. The second kappa shape index (κ2) is 13.3. The highest BCUT2D eigenvalue weighted by Gasteiger charge is 2.38. The number of alkyl halides is 3. The standard InChI is InChI=1S/C20H26N4O4S.C2HF3O2/c1-13(25)24-10-11-28-16(12-24)19(27)22-9-7-14(6-8-21)18(26)20-23-15-4-2-3-5-17(15)29-20;3-2(4,5)1(6)7/h2-5,14,16H,6-12,21H2,1H3,(H,22,27);(H,6,7). The van der Waals surface area contributed by atoms with Gasteiger partial charge in [-0.25, -0.2) is 9.78 Å². The van der Waals surface area contributed by atoms with Crippen molar-refractivity contribution >= 4 is 45.1 Å². The van der Waals surface area contributed by atoms with E-state index in [9.17, 15) is 27.6 Å². The zero-order chi connectivity index (χ0) is 26.9. The van der Waals surface area contributed by atoms with Crippen LogP contribution in [0.2, 0.25) is 0 Å². The van der Waals surface area contributed by atoms with Gasteiger partial charge in [-0.2, -0.15) is 13.2 Å². The SMILES string of the molecule is CC(=O)N1CCOC(C(=O)NCCC(CCN)C(=O)c2nc3ccccc3s2)C1.O=C(O)C(F)(F)F. The fourth-order valence-electron chi connectivity index (χ4n) is 3.34. The second-order valence-electron chi connectivity index (χ2n) is 7.83. The molecule has 2 unspecified atom stereocenters. The van der Waals surface area contributed by atoms with Gasteiger partial charge in [0.15, 0.2) is 16.9 Å². The maximum Gasteiger partial charge on any atom is 0.490 e. The molecular weight excluding hydrogens is 505 g/mol. The summed E-state index contributed by atoms with van der Waals surface area (Å²) in [7, 11) is 0. The predicted octanol–water partition coefficient (Wildman–Crippen LogP) is 1.83. The first kappa shape index (κ1) is 29.1. The molecule has 0 saturated carbocycles. The van der Waals surface area contributed by atoms with Gasteiger partial charge in [0.05, 0.1) is 23.4 Å². The topological polar surface area (TPSA) is 152 Å². The number of rotatable bonds is 8. The third-order valence-corrected chi connectivity index (χ3v) is 6.28. The van der Waals surface area contributed by atoms with E-state index in [1.165, 1.54) is 18.3 Å². The summed E-state index contributed by atoms with van der Waals surface area (Å²) in [5.74, 6) is -3.44. The monoisotopic (exact) mass is 532 g/mol. The third-order valence-electron chi connectivity index (χ3n) is 5.23. The lowest BCUT2D eigenvalue weighted by Gasteiger charge is -2.31. The molecule has 2 aromatic rings. The average Bonchev–Trinajstić information content (AvgIpc) is 3.27. The summed E-state index contributed by atoms with van der Waals surface area (Å²) in [6.45, 7) is 3.27. The molecule has 3 rings (SSSR count). The molecule has 1 aliphatic heterocycles. The predicted molar refractivity (Wildman–Crippen MR) is 124 cm³/mol.